The van der Waals surface area contributed by atoms with E-state index in [1.54, 1.807) is 0 Å². The van der Waals surface area contributed by atoms with Crippen molar-refractivity contribution in [2.24, 2.45) is 5.41 Å². The highest BCUT2D eigenvalue weighted by molar-refractivity contribution is 4.99. The molecule has 0 heterocycles. The van der Waals surface area contributed by atoms with Gasteiger partial charge in [-0.3, -0.25) is 0 Å². The van der Waals surface area contributed by atoms with Crippen LogP contribution in [0.4, 0.5) is 0 Å². The fourth-order valence-electron chi connectivity index (χ4n) is 2.47. The van der Waals surface area contributed by atoms with E-state index in [0.717, 1.165) is 0 Å². The van der Waals surface area contributed by atoms with Crippen molar-refractivity contribution in [3.63, 3.8) is 0 Å². The fourth-order valence-corrected chi connectivity index (χ4v) is 2.47. The van der Waals surface area contributed by atoms with Gasteiger partial charge in [0.15, 0.2) is 0 Å². The summed E-state index contributed by atoms with van der Waals surface area (Å²) >= 11 is 0. The topological polar surface area (TPSA) is 21.3 Å². The Kier molecular flexibility index (Phi) is 4.19. The lowest BCUT2D eigenvalue weighted by molar-refractivity contribution is -0.0999. The molecule has 0 amide bonds. The van der Waals surface area contributed by atoms with E-state index in [-0.39, 0.29) is 5.60 Å². The number of likely N-dealkylation sites (N-methyl/N-ethyl adjacent to an activating group) is 1. The normalized spacial score (nSPS) is 22.2. The second-order valence-corrected chi connectivity index (χ2v) is 6.06. The molecule has 1 rings (SSSR count). The molecular weight excluding hydrogens is 186 g/mol. The summed E-state index contributed by atoms with van der Waals surface area (Å²) in [4.78, 5) is 0. The fraction of sp³-hybridized carbons (Fsp3) is 1.00. The van der Waals surface area contributed by atoms with Crippen LogP contribution in [0.5, 0.6) is 0 Å². The van der Waals surface area contributed by atoms with Crippen LogP contribution in [-0.2, 0) is 4.74 Å². The number of ether oxygens (including phenoxy) is 1. The van der Waals surface area contributed by atoms with Crippen LogP contribution >= 0.6 is 0 Å². The predicted octanol–water partition coefficient (Wildman–Crippen LogP) is 2.97. The number of nitrogens with one attached hydrogen (secondary N) is 1. The summed E-state index contributed by atoms with van der Waals surface area (Å²) in [7, 11) is 3.92. The molecule has 0 spiro atoms. The smallest absolute Gasteiger partial charge is 0.0830 e. The lowest BCUT2D eigenvalue weighted by Crippen LogP contribution is -2.55. The lowest BCUT2D eigenvalue weighted by atomic mass is 9.72. The molecule has 1 saturated carbocycles. The van der Waals surface area contributed by atoms with Crippen LogP contribution in [-0.4, -0.2) is 25.8 Å². The summed E-state index contributed by atoms with van der Waals surface area (Å²) in [6.45, 7) is 6.92. The van der Waals surface area contributed by atoms with E-state index in [2.05, 4.69) is 33.1 Å². The SMILES string of the molecule is CNC(CCC(C)(C)C)C1(OC)CCC1. The minimum Gasteiger partial charge on any atom is -0.377 e. The van der Waals surface area contributed by atoms with Crippen LogP contribution in [0, 0.1) is 5.41 Å². The molecule has 1 N–H and O–H groups in total. The van der Waals surface area contributed by atoms with Crippen LogP contribution in [0.15, 0.2) is 0 Å². The molecule has 0 radical (unpaired) electrons. The Morgan fingerprint density at radius 1 is 1.33 bits per heavy atom. The molecule has 0 saturated heterocycles. The zero-order chi connectivity index (χ0) is 11.5. The highest BCUT2D eigenvalue weighted by Gasteiger charge is 2.43. The third-order valence-electron chi connectivity index (χ3n) is 3.77. The summed E-state index contributed by atoms with van der Waals surface area (Å²) in [5.41, 5.74) is 0.563. The van der Waals surface area contributed by atoms with Crippen LogP contribution < -0.4 is 5.32 Å². The Morgan fingerprint density at radius 2 is 1.93 bits per heavy atom. The molecule has 1 unspecified atom stereocenters. The number of methoxy groups -OCH3 is 1. The summed E-state index contributed by atoms with van der Waals surface area (Å²) in [6, 6.07) is 0.524. The molecule has 1 aliphatic rings. The van der Waals surface area contributed by atoms with E-state index in [1.165, 1.54) is 32.1 Å². The predicted molar refractivity (Wildman–Crippen MR) is 65.1 cm³/mol. The van der Waals surface area contributed by atoms with Gasteiger partial charge in [-0.05, 0) is 44.6 Å². The zero-order valence-electron chi connectivity index (χ0n) is 11.0. The second kappa shape index (κ2) is 4.84. The quantitative estimate of drug-likeness (QED) is 0.758. The van der Waals surface area contributed by atoms with Gasteiger partial charge in [-0.1, -0.05) is 20.8 Å². The summed E-state index contributed by atoms with van der Waals surface area (Å²) in [5.74, 6) is 0. The van der Waals surface area contributed by atoms with Crippen molar-refractivity contribution < 1.29 is 4.74 Å². The summed E-state index contributed by atoms with van der Waals surface area (Å²) in [5, 5.41) is 3.44. The van der Waals surface area contributed by atoms with Gasteiger partial charge in [-0.2, -0.15) is 0 Å². The first kappa shape index (κ1) is 13.0. The van der Waals surface area contributed by atoms with Gasteiger partial charge in [-0.15, -0.1) is 0 Å². The van der Waals surface area contributed by atoms with Crippen molar-refractivity contribution >= 4 is 0 Å². The first-order valence-corrected chi connectivity index (χ1v) is 6.16. The molecule has 0 aliphatic heterocycles. The van der Waals surface area contributed by atoms with Gasteiger partial charge < -0.3 is 10.1 Å². The van der Waals surface area contributed by atoms with E-state index in [1.807, 2.05) is 7.11 Å². The van der Waals surface area contributed by atoms with Crippen molar-refractivity contribution in [1.82, 2.24) is 5.32 Å². The minimum absolute atomic E-state index is 0.139. The first-order chi connectivity index (χ1) is 6.93. The van der Waals surface area contributed by atoms with Gasteiger partial charge in [0, 0.05) is 13.2 Å². The van der Waals surface area contributed by atoms with Crippen LogP contribution in [0.3, 0.4) is 0 Å². The van der Waals surface area contributed by atoms with Crippen LogP contribution in [0.1, 0.15) is 52.9 Å². The molecule has 0 aromatic heterocycles. The Bertz CT molecular complexity index is 186. The van der Waals surface area contributed by atoms with E-state index in [0.29, 0.717) is 11.5 Å². The van der Waals surface area contributed by atoms with Crippen molar-refractivity contribution in [3.05, 3.63) is 0 Å². The number of hydrogen-bond donors (Lipinski definition) is 1. The number of rotatable bonds is 5. The maximum absolute atomic E-state index is 5.73. The van der Waals surface area contributed by atoms with Gasteiger partial charge in [0.05, 0.1) is 5.60 Å². The van der Waals surface area contributed by atoms with Crippen molar-refractivity contribution in [1.29, 1.82) is 0 Å². The van der Waals surface area contributed by atoms with Crippen molar-refractivity contribution in [2.45, 2.75) is 64.5 Å². The van der Waals surface area contributed by atoms with Gasteiger partial charge >= 0.3 is 0 Å². The maximum atomic E-state index is 5.73. The second-order valence-electron chi connectivity index (χ2n) is 6.06. The molecule has 2 heteroatoms. The van der Waals surface area contributed by atoms with Gasteiger partial charge in [0.2, 0.25) is 0 Å². The summed E-state index contributed by atoms with van der Waals surface area (Å²) < 4.78 is 5.73. The third-order valence-corrected chi connectivity index (χ3v) is 3.77. The Hall–Kier alpha value is -0.0800. The Balaban J connectivity index is 2.48. The molecule has 0 aromatic rings. The molecule has 0 aromatic carbocycles. The zero-order valence-corrected chi connectivity index (χ0v) is 11.0. The van der Waals surface area contributed by atoms with Crippen LogP contribution in [0.2, 0.25) is 0 Å². The van der Waals surface area contributed by atoms with Gasteiger partial charge in [0.1, 0.15) is 0 Å². The molecule has 1 aliphatic carbocycles. The summed E-state index contributed by atoms with van der Waals surface area (Å²) in [6.07, 6.45) is 6.23. The highest BCUT2D eigenvalue weighted by atomic mass is 16.5. The average Bonchev–Trinajstić information content (AvgIpc) is 2.07. The molecule has 0 bridgehead atoms. The molecule has 90 valence electrons. The standard InChI is InChI=1S/C13H27NO/c1-12(2,3)10-7-11(14-4)13(15-5)8-6-9-13/h11,14H,6-10H2,1-5H3. The molecular formula is C13H27NO. The van der Waals surface area contributed by atoms with Crippen molar-refractivity contribution in [2.75, 3.05) is 14.2 Å². The molecule has 1 atom stereocenters. The maximum Gasteiger partial charge on any atom is 0.0830 e. The molecule has 15 heavy (non-hydrogen) atoms. The first-order valence-electron chi connectivity index (χ1n) is 6.16. The van der Waals surface area contributed by atoms with E-state index in [4.69, 9.17) is 4.74 Å². The lowest BCUT2D eigenvalue weighted by Gasteiger charge is -2.47. The average molecular weight is 213 g/mol. The Morgan fingerprint density at radius 3 is 2.20 bits per heavy atom. The monoisotopic (exact) mass is 213 g/mol. The van der Waals surface area contributed by atoms with Crippen molar-refractivity contribution in [3.8, 4) is 0 Å². The number of hydrogen-bond acceptors (Lipinski definition) is 2. The van der Waals surface area contributed by atoms with E-state index in [9.17, 15) is 0 Å². The van der Waals surface area contributed by atoms with Gasteiger partial charge in [-0.25, -0.2) is 0 Å². The van der Waals surface area contributed by atoms with Gasteiger partial charge in [0.25, 0.3) is 0 Å². The highest BCUT2D eigenvalue weighted by Crippen LogP contribution is 2.40. The largest absolute Gasteiger partial charge is 0.377 e. The molecule has 1 fully saturated rings. The van der Waals surface area contributed by atoms with Crippen LogP contribution in [0.25, 0.3) is 0 Å². The van der Waals surface area contributed by atoms with E-state index < -0.39 is 0 Å². The molecule has 2 nitrogen and oxygen atoms in total. The minimum atomic E-state index is 0.139. The Labute approximate surface area is 94.8 Å². The third kappa shape index (κ3) is 3.18. The van der Waals surface area contributed by atoms with E-state index >= 15 is 0 Å².